The minimum absolute atomic E-state index is 0. The molecule has 1 aliphatic rings. The summed E-state index contributed by atoms with van der Waals surface area (Å²) in [6.07, 6.45) is 0.875. The van der Waals surface area contributed by atoms with Crippen molar-refractivity contribution in [2.45, 2.75) is 38.5 Å². The third kappa shape index (κ3) is 5.30. The second kappa shape index (κ2) is 8.42. The van der Waals surface area contributed by atoms with Crippen LogP contribution in [0.2, 0.25) is 0 Å². The molecule has 0 atom stereocenters. The van der Waals surface area contributed by atoms with Gasteiger partial charge in [-0.15, -0.1) is 12.4 Å². The molecule has 2 rings (SSSR count). The number of amides is 1. The number of carbonyl (C=O) groups is 1. The van der Waals surface area contributed by atoms with E-state index in [9.17, 15) is 13.6 Å². The van der Waals surface area contributed by atoms with E-state index in [4.69, 9.17) is 10.5 Å². The monoisotopic (exact) mass is 350 g/mol. The number of nitrogens with two attached hydrogens (primary N) is 1. The van der Waals surface area contributed by atoms with Gasteiger partial charge >= 0.3 is 6.61 Å². The summed E-state index contributed by atoms with van der Waals surface area (Å²) in [5, 5.41) is 2.71. The Morgan fingerprint density at radius 1 is 1.43 bits per heavy atom. The highest BCUT2D eigenvalue weighted by Gasteiger charge is 2.35. The molecule has 1 amide bonds. The first-order valence-electron chi connectivity index (χ1n) is 7.10. The number of rotatable bonds is 5. The van der Waals surface area contributed by atoms with E-state index in [-0.39, 0.29) is 30.6 Å². The van der Waals surface area contributed by atoms with Gasteiger partial charge < -0.3 is 20.5 Å². The predicted molar refractivity (Wildman–Crippen MR) is 83.9 cm³/mol. The van der Waals surface area contributed by atoms with Crippen LogP contribution in [-0.4, -0.2) is 31.3 Å². The van der Waals surface area contributed by atoms with E-state index in [2.05, 4.69) is 10.1 Å². The molecule has 1 aromatic rings. The number of alkyl halides is 2. The lowest BCUT2D eigenvalue weighted by Gasteiger charge is -2.31. The Balaban J connectivity index is 0.00000264. The minimum Gasteiger partial charge on any atom is -0.434 e. The Labute approximate surface area is 139 Å². The molecule has 1 heterocycles. The van der Waals surface area contributed by atoms with Crippen LogP contribution in [0.5, 0.6) is 5.75 Å². The molecule has 1 aromatic carbocycles. The predicted octanol–water partition coefficient (Wildman–Crippen LogP) is 2.14. The summed E-state index contributed by atoms with van der Waals surface area (Å²) in [5.41, 5.74) is 6.48. The van der Waals surface area contributed by atoms with Gasteiger partial charge in [-0.2, -0.15) is 8.78 Å². The molecule has 130 valence electrons. The molecule has 1 fully saturated rings. The third-order valence-electron chi connectivity index (χ3n) is 3.71. The fourth-order valence-corrected chi connectivity index (χ4v) is 2.37. The lowest BCUT2D eigenvalue weighted by Crippen LogP contribution is -2.56. The van der Waals surface area contributed by atoms with Crippen LogP contribution in [0.15, 0.2) is 18.2 Å². The maximum Gasteiger partial charge on any atom is 0.387 e. The SMILES string of the molecule is Cc1ccc(OC(F)F)c(CNC(=O)C2(N)CCOCC2)c1.Cl. The number of aryl methyl sites for hydroxylation is 1. The van der Waals surface area contributed by atoms with Crippen LogP contribution in [0.3, 0.4) is 0 Å². The molecule has 0 aromatic heterocycles. The number of hydrogen-bond acceptors (Lipinski definition) is 4. The van der Waals surface area contributed by atoms with E-state index in [0.29, 0.717) is 31.6 Å². The second-order valence-electron chi connectivity index (χ2n) is 5.44. The Kier molecular flexibility index (Phi) is 7.18. The molecule has 8 heteroatoms. The fraction of sp³-hybridized carbons (Fsp3) is 0.533. The summed E-state index contributed by atoms with van der Waals surface area (Å²) >= 11 is 0. The number of halogens is 3. The zero-order valence-electron chi connectivity index (χ0n) is 12.8. The number of hydrogen-bond donors (Lipinski definition) is 2. The summed E-state index contributed by atoms with van der Waals surface area (Å²) in [5.74, 6) is -0.251. The molecule has 0 unspecified atom stereocenters. The zero-order valence-corrected chi connectivity index (χ0v) is 13.6. The highest BCUT2D eigenvalue weighted by Crippen LogP contribution is 2.23. The van der Waals surface area contributed by atoms with Gasteiger partial charge in [0.25, 0.3) is 0 Å². The van der Waals surface area contributed by atoms with E-state index < -0.39 is 12.2 Å². The van der Waals surface area contributed by atoms with Crippen molar-refractivity contribution in [2.75, 3.05) is 13.2 Å². The number of nitrogens with one attached hydrogen (secondary N) is 1. The fourth-order valence-electron chi connectivity index (χ4n) is 2.37. The molecule has 0 bridgehead atoms. The van der Waals surface area contributed by atoms with Gasteiger partial charge in [0.05, 0.1) is 5.54 Å². The molecule has 1 aliphatic heterocycles. The minimum atomic E-state index is -2.91. The Hall–Kier alpha value is -1.44. The Bertz CT molecular complexity index is 537. The average Bonchev–Trinajstić information content (AvgIpc) is 2.47. The van der Waals surface area contributed by atoms with Crippen LogP contribution in [0.1, 0.15) is 24.0 Å². The first kappa shape index (κ1) is 19.6. The van der Waals surface area contributed by atoms with E-state index in [1.54, 1.807) is 12.1 Å². The van der Waals surface area contributed by atoms with Crippen molar-refractivity contribution < 1.29 is 23.0 Å². The van der Waals surface area contributed by atoms with Crippen LogP contribution in [0.4, 0.5) is 8.78 Å². The van der Waals surface area contributed by atoms with Crippen molar-refractivity contribution in [1.82, 2.24) is 5.32 Å². The molecule has 0 aliphatic carbocycles. The third-order valence-corrected chi connectivity index (χ3v) is 3.71. The van der Waals surface area contributed by atoms with E-state index in [1.807, 2.05) is 6.92 Å². The van der Waals surface area contributed by atoms with Gasteiger partial charge in [0.15, 0.2) is 0 Å². The van der Waals surface area contributed by atoms with Crippen molar-refractivity contribution in [1.29, 1.82) is 0 Å². The molecule has 0 spiro atoms. The van der Waals surface area contributed by atoms with E-state index in [1.165, 1.54) is 6.07 Å². The molecule has 0 radical (unpaired) electrons. The van der Waals surface area contributed by atoms with Gasteiger partial charge in [0.1, 0.15) is 5.75 Å². The Morgan fingerprint density at radius 3 is 2.70 bits per heavy atom. The van der Waals surface area contributed by atoms with Gasteiger partial charge in [-0.05, 0) is 25.8 Å². The second-order valence-corrected chi connectivity index (χ2v) is 5.44. The molecule has 1 saturated heterocycles. The van der Waals surface area contributed by atoms with Crippen LogP contribution in [-0.2, 0) is 16.1 Å². The summed E-state index contributed by atoms with van der Waals surface area (Å²) in [7, 11) is 0. The van der Waals surface area contributed by atoms with Crippen molar-refractivity contribution in [3.05, 3.63) is 29.3 Å². The number of benzene rings is 1. The van der Waals surface area contributed by atoms with E-state index >= 15 is 0 Å². The largest absolute Gasteiger partial charge is 0.434 e. The van der Waals surface area contributed by atoms with Crippen LogP contribution in [0, 0.1) is 6.92 Å². The normalized spacial score (nSPS) is 16.6. The highest BCUT2D eigenvalue weighted by molar-refractivity contribution is 5.86. The number of ether oxygens (including phenoxy) is 2. The van der Waals surface area contributed by atoms with Crippen LogP contribution < -0.4 is 15.8 Å². The lowest BCUT2D eigenvalue weighted by atomic mass is 9.90. The van der Waals surface area contributed by atoms with Crippen LogP contribution >= 0.6 is 12.4 Å². The first-order chi connectivity index (χ1) is 10.4. The quantitative estimate of drug-likeness (QED) is 0.853. The smallest absolute Gasteiger partial charge is 0.387 e. The summed E-state index contributed by atoms with van der Waals surface area (Å²) in [6, 6.07) is 4.84. The first-order valence-corrected chi connectivity index (χ1v) is 7.10. The topological polar surface area (TPSA) is 73.6 Å². The van der Waals surface area contributed by atoms with Gasteiger partial charge in [-0.25, -0.2) is 0 Å². The molecule has 0 saturated carbocycles. The summed E-state index contributed by atoms with van der Waals surface area (Å²) in [6.45, 7) is -0.112. The number of carbonyl (C=O) groups excluding carboxylic acids is 1. The maximum atomic E-state index is 12.4. The van der Waals surface area contributed by atoms with Gasteiger partial charge in [0.2, 0.25) is 5.91 Å². The molecular weight excluding hydrogens is 330 g/mol. The van der Waals surface area contributed by atoms with Gasteiger partial charge in [-0.3, -0.25) is 4.79 Å². The van der Waals surface area contributed by atoms with Crippen molar-refractivity contribution in [3.8, 4) is 5.75 Å². The van der Waals surface area contributed by atoms with Gasteiger partial charge in [0, 0.05) is 25.3 Å². The standard InChI is InChI=1S/C15H20F2N2O3.ClH/c1-10-2-3-12(22-14(16)17)11(8-10)9-19-13(20)15(18)4-6-21-7-5-15;/h2-3,8,14H,4-7,9,18H2,1H3,(H,19,20);1H. The van der Waals surface area contributed by atoms with E-state index in [0.717, 1.165) is 5.56 Å². The van der Waals surface area contributed by atoms with Crippen molar-refractivity contribution in [3.63, 3.8) is 0 Å². The van der Waals surface area contributed by atoms with Gasteiger partial charge in [-0.1, -0.05) is 17.7 Å². The molecule has 3 N–H and O–H groups in total. The summed E-state index contributed by atoms with van der Waals surface area (Å²) in [4.78, 5) is 12.2. The maximum absolute atomic E-state index is 12.4. The Morgan fingerprint density at radius 2 is 2.09 bits per heavy atom. The van der Waals surface area contributed by atoms with Crippen LogP contribution in [0.25, 0.3) is 0 Å². The average molecular weight is 351 g/mol. The van der Waals surface area contributed by atoms with Crippen molar-refractivity contribution in [2.24, 2.45) is 5.73 Å². The lowest BCUT2D eigenvalue weighted by molar-refractivity contribution is -0.129. The zero-order chi connectivity index (χ0) is 16.2. The molecule has 23 heavy (non-hydrogen) atoms. The molecular formula is C15H21ClF2N2O3. The summed E-state index contributed by atoms with van der Waals surface area (Å²) < 4.78 is 34.5. The molecule has 5 nitrogen and oxygen atoms in total. The highest BCUT2D eigenvalue weighted by atomic mass is 35.5. The van der Waals surface area contributed by atoms with Crippen molar-refractivity contribution >= 4 is 18.3 Å².